The molecule has 1 rings (SSSR count). The lowest BCUT2D eigenvalue weighted by atomic mass is 10.0. The third-order valence-electron chi connectivity index (χ3n) is 2.46. The van der Waals surface area contributed by atoms with E-state index in [2.05, 4.69) is 5.32 Å². The molecule has 0 aliphatic carbocycles. The first-order valence-corrected chi connectivity index (χ1v) is 5.26. The van der Waals surface area contributed by atoms with Crippen LogP contribution in [0.15, 0.2) is 0 Å². The summed E-state index contributed by atoms with van der Waals surface area (Å²) in [5.41, 5.74) is 6.43. The van der Waals surface area contributed by atoms with Crippen LogP contribution in [-0.2, 0) is 19.2 Å². The monoisotopic (exact) mass is 294 g/mol. The van der Waals surface area contributed by atoms with Crippen LogP contribution in [-0.4, -0.2) is 52.9 Å². The van der Waals surface area contributed by atoms with Crippen molar-refractivity contribution in [1.82, 2.24) is 15.7 Å². The Morgan fingerprint density at radius 2 is 2.00 bits per heavy atom. The lowest BCUT2D eigenvalue weighted by Crippen LogP contribution is -2.57. The molecule has 5 N–H and O–H groups in total. The number of amides is 4. The van der Waals surface area contributed by atoms with Gasteiger partial charge in [0.15, 0.2) is 0 Å². The van der Waals surface area contributed by atoms with Crippen molar-refractivity contribution in [1.29, 1.82) is 0 Å². The van der Waals surface area contributed by atoms with Crippen LogP contribution in [0.3, 0.4) is 0 Å². The number of rotatable bonds is 4. The molecule has 1 atom stereocenters. The van der Waals surface area contributed by atoms with Gasteiger partial charge in [0.2, 0.25) is 11.8 Å². The van der Waals surface area contributed by atoms with Gasteiger partial charge in [0.05, 0.1) is 6.54 Å². The molecule has 0 aromatic rings. The normalized spacial score (nSPS) is 18.6. The third-order valence-corrected chi connectivity index (χ3v) is 2.46. The number of hydroxylamine groups is 1. The average molecular weight is 295 g/mol. The number of nitrogens with zero attached hydrogens (tertiary/aromatic N) is 1. The van der Waals surface area contributed by atoms with E-state index in [0.29, 0.717) is 4.90 Å². The molecule has 1 aliphatic rings. The zero-order valence-corrected chi connectivity index (χ0v) is 10.7. The fourth-order valence-electron chi connectivity index (χ4n) is 1.57. The number of halogens is 1. The van der Waals surface area contributed by atoms with Crippen molar-refractivity contribution in [3.05, 3.63) is 0 Å². The van der Waals surface area contributed by atoms with E-state index in [0.717, 1.165) is 0 Å². The molecule has 1 aliphatic heterocycles. The van der Waals surface area contributed by atoms with Crippen LogP contribution in [0.25, 0.3) is 0 Å². The summed E-state index contributed by atoms with van der Waals surface area (Å²) in [5.74, 6) is -2.62. The maximum Gasteiger partial charge on any atom is 0.263 e. The lowest BCUT2D eigenvalue weighted by molar-refractivity contribution is -0.154. The van der Waals surface area contributed by atoms with Crippen LogP contribution in [0.4, 0.5) is 0 Å². The first-order chi connectivity index (χ1) is 8.49. The van der Waals surface area contributed by atoms with Crippen molar-refractivity contribution in [2.75, 3.05) is 13.1 Å². The molecular formula is C9H15ClN4O5. The molecule has 108 valence electrons. The molecule has 1 heterocycles. The fourth-order valence-corrected chi connectivity index (χ4v) is 1.57. The van der Waals surface area contributed by atoms with E-state index in [1.807, 2.05) is 0 Å². The summed E-state index contributed by atoms with van der Waals surface area (Å²) >= 11 is 0. The summed E-state index contributed by atoms with van der Waals surface area (Å²) in [6.07, 6.45) is 0.195. The molecule has 10 heteroatoms. The summed E-state index contributed by atoms with van der Waals surface area (Å²) in [7, 11) is 0. The predicted molar refractivity (Wildman–Crippen MR) is 64.1 cm³/mol. The zero-order valence-electron chi connectivity index (χ0n) is 9.92. The zero-order chi connectivity index (χ0) is 13.7. The second-order valence-corrected chi connectivity index (χ2v) is 3.72. The van der Waals surface area contributed by atoms with Gasteiger partial charge >= 0.3 is 0 Å². The third kappa shape index (κ3) is 4.47. The van der Waals surface area contributed by atoms with Crippen LogP contribution in [0.1, 0.15) is 12.8 Å². The van der Waals surface area contributed by atoms with Crippen molar-refractivity contribution in [2.24, 2.45) is 5.73 Å². The van der Waals surface area contributed by atoms with E-state index in [4.69, 9.17) is 10.9 Å². The van der Waals surface area contributed by atoms with Crippen LogP contribution in [0, 0.1) is 0 Å². The van der Waals surface area contributed by atoms with Crippen LogP contribution in [0.5, 0.6) is 0 Å². The van der Waals surface area contributed by atoms with Gasteiger partial charge in [-0.15, -0.1) is 12.4 Å². The highest BCUT2D eigenvalue weighted by atomic mass is 35.5. The molecule has 0 aromatic carbocycles. The summed E-state index contributed by atoms with van der Waals surface area (Å²) in [4.78, 5) is 46.0. The van der Waals surface area contributed by atoms with Gasteiger partial charge in [-0.2, -0.15) is 0 Å². The molecule has 0 radical (unpaired) electrons. The van der Waals surface area contributed by atoms with Gasteiger partial charge in [-0.25, -0.2) is 5.48 Å². The molecular weight excluding hydrogens is 280 g/mol. The van der Waals surface area contributed by atoms with Crippen molar-refractivity contribution < 1.29 is 24.4 Å². The van der Waals surface area contributed by atoms with E-state index >= 15 is 0 Å². The quantitative estimate of drug-likeness (QED) is 0.257. The number of likely N-dealkylation sites (tertiary alicyclic amines) is 1. The first-order valence-electron chi connectivity index (χ1n) is 5.26. The van der Waals surface area contributed by atoms with E-state index in [1.165, 1.54) is 5.48 Å². The molecule has 0 saturated carbocycles. The van der Waals surface area contributed by atoms with Gasteiger partial charge in [-0.3, -0.25) is 29.3 Å². The Hall–Kier alpha value is -1.71. The smallest absolute Gasteiger partial charge is 0.263 e. The van der Waals surface area contributed by atoms with Gasteiger partial charge in [-0.05, 0) is 6.42 Å². The fraction of sp³-hybridized carbons (Fsp3) is 0.556. The minimum absolute atomic E-state index is 0. The number of hydrogen-bond acceptors (Lipinski definition) is 6. The summed E-state index contributed by atoms with van der Waals surface area (Å²) in [6.45, 7) is -0.849. The number of hydrogen-bond donors (Lipinski definition) is 4. The molecule has 0 aromatic heterocycles. The maximum atomic E-state index is 11.8. The molecule has 0 unspecified atom stereocenters. The van der Waals surface area contributed by atoms with Gasteiger partial charge < -0.3 is 11.1 Å². The van der Waals surface area contributed by atoms with Crippen molar-refractivity contribution in [2.45, 2.75) is 18.9 Å². The number of carbonyl (C=O) groups is 4. The summed E-state index contributed by atoms with van der Waals surface area (Å²) in [6, 6.07) is -0.870. The van der Waals surface area contributed by atoms with Crippen LogP contribution >= 0.6 is 12.4 Å². The minimum Gasteiger partial charge on any atom is -0.343 e. The molecule has 9 nitrogen and oxygen atoms in total. The Morgan fingerprint density at radius 1 is 1.37 bits per heavy atom. The minimum atomic E-state index is -0.887. The second kappa shape index (κ2) is 7.67. The van der Waals surface area contributed by atoms with Gasteiger partial charge in [0.25, 0.3) is 11.8 Å². The topological polar surface area (TPSA) is 142 Å². The van der Waals surface area contributed by atoms with Crippen molar-refractivity contribution in [3.63, 3.8) is 0 Å². The highest BCUT2D eigenvalue weighted by Crippen LogP contribution is 2.12. The average Bonchev–Trinajstić information content (AvgIpc) is 2.37. The molecule has 0 bridgehead atoms. The SMILES string of the molecule is Cl.NCC(=O)N[C@H]1CCC(=O)N(CC(=O)NO)C1=O. The molecule has 19 heavy (non-hydrogen) atoms. The number of piperidine rings is 1. The van der Waals surface area contributed by atoms with Crippen LogP contribution < -0.4 is 16.5 Å². The number of nitrogens with two attached hydrogens (primary N) is 1. The Balaban J connectivity index is 0.00000324. The lowest BCUT2D eigenvalue weighted by Gasteiger charge is -2.30. The Bertz CT molecular complexity index is 389. The number of carbonyl (C=O) groups excluding carboxylic acids is 4. The Morgan fingerprint density at radius 3 is 2.53 bits per heavy atom. The van der Waals surface area contributed by atoms with E-state index < -0.39 is 36.2 Å². The largest absolute Gasteiger partial charge is 0.343 e. The maximum absolute atomic E-state index is 11.8. The summed E-state index contributed by atoms with van der Waals surface area (Å²) < 4.78 is 0. The summed E-state index contributed by atoms with van der Waals surface area (Å²) in [5, 5.41) is 10.7. The van der Waals surface area contributed by atoms with Gasteiger partial charge in [-0.1, -0.05) is 0 Å². The molecule has 1 fully saturated rings. The van der Waals surface area contributed by atoms with Gasteiger partial charge in [0, 0.05) is 6.42 Å². The first kappa shape index (κ1) is 17.3. The second-order valence-electron chi connectivity index (χ2n) is 3.72. The Labute approximate surface area is 114 Å². The number of imide groups is 1. The molecule has 4 amide bonds. The van der Waals surface area contributed by atoms with Crippen molar-refractivity contribution >= 4 is 36.0 Å². The van der Waals surface area contributed by atoms with Gasteiger partial charge in [0.1, 0.15) is 12.6 Å². The molecule has 1 saturated heterocycles. The highest BCUT2D eigenvalue weighted by molar-refractivity contribution is 6.04. The Kier molecular flexibility index (Phi) is 6.98. The van der Waals surface area contributed by atoms with E-state index in [-0.39, 0.29) is 31.8 Å². The number of nitrogens with one attached hydrogen (secondary N) is 2. The predicted octanol–water partition coefficient (Wildman–Crippen LogP) is -2.49. The standard InChI is InChI=1S/C9H14N4O5.ClH/c10-3-6(14)11-5-1-2-8(16)13(9(5)17)4-7(15)12-18;/h5,18H,1-4,10H2,(H,11,14)(H,12,15);1H/t5-;/m0./s1. The molecule has 0 spiro atoms. The van der Waals surface area contributed by atoms with Crippen LogP contribution in [0.2, 0.25) is 0 Å². The van der Waals surface area contributed by atoms with Crippen molar-refractivity contribution in [3.8, 4) is 0 Å². The highest BCUT2D eigenvalue weighted by Gasteiger charge is 2.35. The van der Waals surface area contributed by atoms with E-state index in [1.54, 1.807) is 0 Å². The van der Waals surface area contributed by atoms with E-state index in [9.17, 15) is 19.2 Å².